The second-order valence-electron chi connectivity index (χ2n) is 4.55. The zero-order valence-electron chi connectivity index (χ0n) is 9.95. The molecular weight excluding hydrogens is 219 g/mol. The highest BCUT2D eigenvalue weighted by Crippen LogP contribution is 2.20. The first-order chi connectivity index (χ1) is 8.11. The molecule has 1 aromatic carbocycles. The van der Waals surface area contributed by atoms with E-state index < -0.39 is 0 Å². The molecule has 1 aromatic rings. The minimum atomic E-state index is -0.364. The van der Waals surface area contributed by atoms with Crippen LogP contribution in [0.4, 0.5) is 4.39 Å². The van der Waals surface area contributed by atoms with Gasteiger partial charge in [0.15, 0.2) is 0 Å². The van der Waals surface area contributed by atoms with Gasteiger partial charge in [0.05, 0.1) is 0 Å². The van der Waals surface area contributed by atoms with E-state index >= 15 is 0 Å². The lowest BCUT2D eigenvalue weighted by molar-refractivity contribution is 0.0740. The molecule has 0 unspecified atom stereocenters. The zero-order valence-corrected chi connectivity index (χ0v) is 9.95. The third kappa shape index (κ3) is 2.47. The molecule has 3 nitrogen and oxygen atoms in total. The molecule has 0 spiro atoms. The van der Waals surface area contributed by atoms with Crippen LogP contribution in [0.2, 0.25) is 0 Å². The normalized spacial score (nSPS) is 19.7. The second-order valence-corrected chi connectivity index (χ2v) is 4.55. The van der Waals surface area contributed by atoms with Crippen molar-refractivity contribution >= 4 is 5.91 Å². The number of nitrogens with zero attached hydrogens (tertiary/aromatic N) is 1. The average Bonchev–Trinajstić information content (AvgIpc) is 2.74. The van der Waals surface area contributed by atoms with Crippen LogP contribution in [0.5, 0.6) is 0 Å². The minimum Gasteiger partial charge on any atom is -0.334 e. The van der Waals surface area contributed by atoms with Crippen LogP contribution in [0.1, 0.15) is 28.8 Å². The van der Waals surface area contributed by atoms with Crippen molar-refractivity contribution in [2.45, 2.75) is 25.8 Å². The molecule has 1 aliphatic rings. The van der Waals surface area contributed by atoms with Crippen molar-refractivity contribution < 1.29 is 9.18 Å². The lowest BCUT2D eigenvalue weighted by atomic mass is 10.1. The van der Waals surface area contributed by atoms with Gasteiger partial charge in [0.25, 0.3) is 5.91 Å². The first kappa shape index (κ1) is 12.0. The molecule has 0 radical (unpaired) electrons. The highest BCUT2D eigenvalue weighted by molar-refractivity contribution is 5.94. The molecule has 17 heavy (non-hydrogen) atoms. The standard InChI is InChI=1S/C13H17FN2O/c1-9-5-10(7-11(14)6-9)13(17)16-4-2-3-12(16)8-15/h5-7,12H,2-4,8,15H2,1H3/t12-/m0/s1. The fourth-order valence-electron chi connectivity index (χ4n) is 2.37. The Balaban J connectivity index is 2.24. The van der Waals surface area contributed by atoms with Crippen LogP contribution >= 0.6 is 0 Å². The van der Waals surface area contributed by atoms with Crippen molar-refractivity contribution in [3.8, 4) is 0 Å². The highest BCUT2D eigenvalue weighted by Gasteiger charge is 2.28. The van der Waals surface area contributed by atoms with Crippen molar-refractivity contribution in [3.63, 3.8) is 0 Å². The molecule has 1 heterocycles. The third-order valence-corrected chi connectivity index (χ3v) is 3.20. The van der Waals surface area contributed by atoms with Gasteiger partial charge in [0.1, 0.15) is 5.82 Å². The summed E-state index contributed by atoms with van der Waals surface area (Å²) >= 11 is 0. The number of benzene rings is 1. The quantitative estimate of drug-likeness (QED) is 0.849. The number of halogens is 1. The number of likely N-dealkylation sites (tertiary alicyclic amines) is 1. The highest BCUT2D eigenvalue weighted by atomic mass is 19.1. The van der Waals surface area contributed by atoms with Crippen molar-refractivity contribution in [1.82, 2.24) is 4.90 Å². The topological polar surface area (TPSA) is 46.3 Å². The summed E-state index contributed by atoms with van der Waals surface area (Å²) in [5, 5.41) is 0. The fourth-order valence-corrected chi connectivity index (χ4v) is 2.37. The Kier molecular flexibility index (Phi) is 3.43. The smallest absolute Gasteiger partial charge is 0.254 e. The van der Waals surface area contributed by atoms with Gasteiger partial charge in [0, 0.05) is 24.7 Å². The molecule has 1 saturated heterocycles. The van der Waals surface area contributed by atoms with Gasteiger partial charge in [-0.25, -0.2) is 4.39 Å². The second kappa shape index (κ2) is 4.84. The predicted molar refractivity (Wildman–Crippen MR) is 64.2 cm³/mol. The molecule has 0 bridgehead atoms. The first-order valence-electron chi connectivity index (χ1n) is 5.90. The van der Waals surface area contributed by atoms with Crippen LogP contribution < -0.4 is 5.73 Å². The van der Waals surface area contributed by atoms with E-state index in [2.05, 4.69) is 0 Å². The van der Waals surface area contributed by atoms with E-state index in [1.165, 1.54) is 12.1 Å². The minimum absolute atomic E-state index is 0.103. The summed E-state index contributed by atoms with van der Waals surface area (Å²) in [6, 6.07) is 4.53. The summed E-state index contributed by atoms with van der Waals surface area (Å²) in [5.74, 6) is -0.475. The van der Waals surface area contributed by atoms with E-state index in [1.807, 2.05) is 0 Å². The van der Waals surface area contributed by atoms with Crippen LogP contribution in [0.3, 0.4) is 0 Å². The Hall–Kier alpha value is -1.42. The molecule has 2 N–H and O–H groups in total. The van der Waals surface area contributed by atoms with Crippen molar-refractivity contribution in [2.75, 3.05) is 13.1 Å². The van der Waals surface area contributed by atoms with Crippen LogP contribution in [0.15, 0.2) is 18.2 Å². The van der Waals surface area contributed by atoms with Crippen molar-refractivity contribution in [2.24, 2.45) is 5.73 Å². The Labute approximate surface area is 100 Å². The van der Waals surface area contributed by atoms with Crippen LogP contribution in [0.25, 0.3) is 0 Å². The van der Waals surface area contributed by atoms with E-state index in [0.29, 0.717) is 12.1 Å². The molecular formula is C13H17FN2O. The summed E-state index contributed by atoms with van der Waals surface area (Å²) in [6.07, 6.45) is 1.92. The largest absolute Gasteiger partial charge is 0.334 e. The Morgan fingerprint density at radius 3 is 2.94 bits per heavy atom. The SMILES string of the molecule is Cc1cc(F)cc(C(=O)N2CCC[C@H]2CN)c1. The molecule has 0 aliphatic carbocycles. The molecule has 0 aromatic heterocycles. The molecule has 4 heteroatoms. The lowest BCUT2D eigenvalue weighted by Gasteiger charge is -2.23. The summed E-state index contributed by atoms with van der Waals surface area (Å²) in [5.41, 5.74) is 6.81. The van der Waals surface area contributed by atoms with E-state index in [4.69, 9.17) is 5.73 Å². The van der Waals surface area contributed by atoms with Crippen LogP contribution in [-0.2, 0) is 0 Å². The zero-order chi connectivity index (χ0) is 12.4. The van der Waals surface area contributed by atoms with E-state index in [-0.39, 0.29) is 17.8 Å². The number of nitrogens with two attached hydrogens (primary N) is 1. The number of aryl methyl sites for hydroxylation is 1. The number of hydrogen-bond acceptors (Lipinski definition) is 2. The lowest BCUT2D eigenvalue weighted by Crippen LogP contribution is -2.39. The first-order valence-corrected chi connectivity index (χ1v) is 5.90. The molecule has 1 aliphatic heterocycles. The van der Waals surface area contributed by atoms with Crippen molar-refractivity contribution in [1.29, 1.82) is 0 Å². The monoisotopic (exact) mass is 236 g/mol. The van der Waals surface area contributed by atoms with Gasteiger partial charge in [-0.2, -0.15) is 0 Å². The predicted octanol–water partition coefficient (Wildman–Crippen LogP) is 1.70. The maximum Gasteiger partial charge on any atom is 0.254 e. The maximum absolute atomic E-state index is 13.3. The van der Waals surface area contributed by atoms with Gasteiger partial charge >= 0.3 is 0 Å². The number of amides is 1. The van der Waals surface area contributed by atoms with Gasteiger partial charge < -0.3 is 10.6 Å². The van der Waals surface area contributed by atoms with Crippen LogP contribution in [-0.4, -0.2) is 29.9 Å². The molecule has 0 saturated carbocycles. The third-order valence-electron chi connectivity index (χ3n) is 3.20. The van der Waals surface area contributed by atoms with E-state index in [1.54, 1.807) is 17.9 Å². The average molecular weight is 236 g/mol. The summed E-state index contributed by atoms with van der Waals surface area (Å²) in [4.78, 5) is 14.0. The van der Waals surface area contributed by atoms with Gasteiger partial charge in [-0.3, -0.25) is 4.79 Å². The number of hydrogen-bond donors (Lipinski definition) is 1. The number of carbonyl (C=O) groups excluding carboxylic acids is 1. The van der Waals surface area contributed by atoms with E-state index in [0.717, 1.165) is 24.9 Å². The molecule has 1 amide bonds. The molecule has 1 atom stereocenters. The fraction of sp³-hybridized carbons (Fsp3) is 0.462. The van der Waals surface area contributed by atoms with Gasteiger partial charge in [0.2, 0.25) is 0 Å². The number of rotatable bonds is 2. The number of carbonyl (C=O) groups is 1. The summed E-state index contributed by atoms with van der Waals surface area (Å²) in [6.45, 7) is 2.97. The van der Waals surface area contributed by atoms with Gasteiger partial charge in [-0.1, -0.05) is 0 Å². The molecule has 1 fully saturated rings. The maximum atomic E-state index is 13.3. The summed E-state index contributed by atoms with van der Waals surface area (Å²) < 4.78 is 13.3. The van der Waals surface area contributed by atoms with Crippen LogP contribution in [0, 0.1) is 12.7 Å². The van der Waals surface area contributed by atoms with E-state index in [9.17, 15) is 9.18 Å². The Morgan fingerprint density at radius 2 is 2.29 bits per heavy atom. The Bertz CT molecular complexity index is 413. The van der Waals surface area contributed by atoms with Gasteiger partial charge in [-0.05, 0) is 43.5 Å². The Morgan fingerprint density at radius 1 is 1.53 bits per heavy atom. The molecule has 2 rings (SSSR count). The van der Waals surface area contributed by atoms with Gasteiger partial charge in [-0.15, -0.1) is 0 Å². The molecule has 92 valence electrons. The summed E-state index contributed by atoms with van der Waals surface area (Å²) in [7, 11) is 0. The van der Waals surface area contributed by atoms with Crippen molar-refractivity contribution in [3.05, 3.63) is 35.1 Å².